The standard InChI is InChI=1S/C13H14N2O4/c1-2-18-12-4-3-9(7-15-12)14-8-11-10(13(16)17)5-6-19-11/h3-7,14H,2,8H2,1H3,(H,16,17). The summed E-state index contributed by atoms with van der Waals surface area (Å²) in [5.74, 6) is -0.0750. The van der Waals surface area contributed by atoms with Crippen LogP contribution in [-0.2, 0) is 6.54 Å². The number of carbonyl (C=O) groups is 1. The smallest absolute Gasteiger partial charge is 0.339 e. The first-order chi connectivity index (χ1) is 9.20. The van der Waals surface area contributed by atoms with Crippen LogP contribution in [0.1, 0.15) is 23.0 Å². The molecule has 0 unspecified atom stereocenters. The molecule has 2 heterocycles. The molecule has 0 fully saturated rings. The van der Waals surface area contributed by atoms with Gasteiger partial charge in [0, 0.05) is 6.07 Å². The van der Waals surface area contributed by atoms with Crippen molar-refractivity contribution in [1.29, 1.82) is 0 Å². The second-order valence-corrected chi connectivity index (χ2v) is 3.73. The van der Waals surface area contributed by atoms with E-state index in [0.29, 0.717) is 18.2 Å². The van der Waals surface area contributed by atoms with Gasteiger partial charge in [-0.25, -0.2) is 9.78 Å². The van der Waals surface area contributed by atoms with Gasteiger partial charge in [0.25, 0.3) is 0 Å². The van der Waals surface area contributed by atoms with Crippen molar-refractivity contribution in [2.45, 2.75) is 13.5 Å². The fraction of sp³-hybridized carbons (Fsp3) is 0.231. The van der Waals surface area contributed by atoms with E-state index in [1.165, 1.54) is 12.3 Å². The monoisotopic (exact) mass is 262 g/mol. The summed E-state index contributed by atoms with van der Waals surface area (Å²) in [6.07, 6.45) is 2.98. The third-order valence-corrected chi connectivity index (χ3v) is 2.46. The minimum absolute atomic E-state index is 0.159. The zero-order chi connectivity index (χ0) is 13.7. The van der Waals surface area contributed by atoms with Crippen LogP contribution in [-0.4, -0.2) is 22.7 Å². The molecule has 2 aromatic rings. The summed E-state index contributed by atoms with van der Waals surface area (Å²) in [4.78, 5) is 15.0. The topological polar surface area (TPSA) is 84.6 Å². The van der Waals surface area contributed by atoms with Crippen LogP contribution in [0.3, 0.4) is 0 Å². The second kappa shape index (κ2) is 5.90. The zero-order valence-corrected chi connectivity index (χ0v) is 10.4. The van der Waals surface area contributed by atoms with Gasteiger partial charge in [-0.3, -0.25) is 0 Å². The van der Waals surface area contributed by atoms with Gasteiger partial charge in [0.15, 0.2) is 0 Å². The minimum Gasteiger partial charge on any atom is -0.478 e. The summed E-state index contributed by atoms with van der Waals surface area (Å²) in [5.41, 5.74) is 0.919. The van der Waals surface area contributed by atoms with Crippen LogP contribution in [0.5, 0.6) is 5.88 Å². The first-order valence-electron chi connectivity index (χ1n) is 5.83. The van der Waals surface area contributed by atoms with Crippen molar-refractivity contribution >= 4 is 11.7 Å². The van der Waals surface area contributed by atoms with E-state index in [-0.39, 0.29) is 12.1 Å². The van der Waals surface area contributed by atoms with Gasteiger partial charge in [-0.05, 0) is 19.1 Å². The molecule has 2 aromatic heterocycles. The molecule has 19 heavy (non-hydrogen) atoms. The van der Waals surface area contributed by atoms with Gasteiger partial charge in [-0.2, -0.15) is 0 Å². The molecule has 100 valence electrons. The normalized spacial score (nSPS) is 10.2. The van der Waals surface area contributed by atoms with E-state index in [2.05, 4.69) is 10.3 Å². The van der Waals surface area contributed by atoms with Gasteiger partial charge in [-0.1, -0.05) is 0 Å². The van der Waals surface area contributed by atoms with Crippen molar-refractivity contribution in [1.82, 2.24) is 4.98 Å². The molecule has 6 heteroatoms. The summed E-state index contributed by atoms with van der Waals surface area (Å²) < 4.78 is 10.3. The maximum absolute atomic E-state index is 10.9. The van der Waals surface area contributed by atoms with Crippen LogP contribution in [0.2, 0.25) is 0 Å². The van der Waals surface area contributed by atoms with Crippen molar-refractivity contribution in [3.8, 4) is 5.88 Å². The summed E-state index contributed by atoms with van der Waals surface area (Å²) in [6, 6.07) is 4.98. The van der Waals surface area contributed by atoms with E-state index >= 15 is 0 Å². The fourth-order valence-corrected chi connectivity index (χ4v) is 1.57. The van der Waals surface area contributed by atoms with Gasteiger partial charge < -0.3 is 19.6 Å². The Kier molecular flexibility index (Phi) is 4.02. The van der Waals surface area contributed by atoms with Crippen LogP contribution in [0.4, 0.5) is 5.69 Å². The third kappa shape index (κ3) is 3.25. The minimum atomic E-state index is -1.00. The first kappa shape index (κ1) is 12.9. The summed E-state index contributed by atoms with van der Waals surface area (Å²) in [5, 5.41) is 12.0. The predicted octanol–water partition coefficient (Wildman–Crippen LogP) is 2.38. The van der Waals surface area contributed by atoms with E-state index in [1.807, 2.05) is 6.92 Å². The average Bonchev–Trinajstić information content (AvgIpc) is 2.87. The van der Waals surface area contributed by atoms with Gasteiger partial charge in [-0.15, -0.1) is 0 Å². The molecule has 0 saturated carbocycles. The highest BCUT2D eigenvalue weighted by Gasteiger charge is 2.12. The summed E-state index contributed by atoms with van der Waals surface area (Å²) >= 11 is 0. The summed E-state index contributed by atoms with van der Waals surface area (Å²) in [6.45, 7) is 2.73. The molecule has 2 N–H and O–H groups in total. The SMILES string of the molecule is CCOc1ccc(NCc2occc2C(=O)O)cn1. The van der Waals surface area contributed by atoms with E-state index in [4.69, 9.17) is 14.3 Å². The van der Waals surface area contributed by atoms with E-state index in [1.54, 1.807) is 18.3 Å². The Morgan fingerprint density at radius 2 is 2.32 bits per heavy atom. The van der Waals surface area contributed by atoms with Crippen LogP contribution >= 0.6 is 0 Å². The molecule has 0 radical (unpaired) electrons. The van der Waals surface area contributed by atoms with Crippen molar-refractivity contribution in [2.75, 3.05) is 11.9 Å². The Morgan fingerprint density at radius 3 is 2.95 bits per heavy atom. The predicted molar refractivity (Wildman–Crippen MR) is 68.4 cm³/mol. The lowest BCUT2D eigenvalue weighted by Gasteiger charge is -2.06. The number of aromatic carboxylic acids is 1. The Balaban J connectivity index is 1.98. The van der Waals surface area contributed by atoms with Crippen molar-refractivity contribution < 1.29 is 19.1 Å². The molecule has 0 spiro atoms. The van der Waals surface area contributed by atoms with E-state index in [0.717, 1.165) is 5.69 Å². The van der Waals surface area contributed by atoms with Crippen LogP contribution in [0.25, 0.3) is 0 Å². The third-order valence-electron chi connectivity index (χ3n) is 2.46. The Hall–Kier alpha value is -2.50. The van der Waals surface area contributed by atoms with Gasteiger partial charge in [0.1, 0.15) is 11.3 Å². The van der Waals surface area contributed by atoms with Crippen LogP contribution < -0.4 is 10.1 Å². The van der Waals surface area contributed by atoms with Crippen molar-refractivity contribution in [2.24, 2.45) is 0 Å². The zero-order valence-electron chi connectivity index (χ0n) is 10.4. The Morgan fingerprint density at radius 1 is 1.47 bits per heavy atom. The highest BCUT2D eigenvalue weighted by atomic mass is 16.5. The number of rotatable bonds is 6. The maximum Gasteiger partial charge on any atom is 0.339 e. The van der Waals surface area contributed by atoms with Crippen LogP contribution in [0, 0.1) is 0 Å². The molecule has 0 amide bonds. The lowest BCUT2D eigenvalue weighted by Crippen LogP contribution is -2.05. The Labute approximate surface area is 110 Å². The largest absolute Gasteiger partial charge is 0.478 e. The number of ether oxygens (including phenoxy) is 1. The molecule has 0 bridgehead atoms. The second-order valence-electron chi connectivity index (χ2n) is 3.73. The molecular formula is C13H14N2O4. The Bertz CT molecular complexity index is 548. The number of carboxylic acid groups (broad SMARTS) is 1. The number of hydrogen-bond acceptors (Lipinski definition) is 5. The highest BCUT2D eigenvalue weighted by molar-refractivity contribution is 5.88. The fourth-order valence-electron chi connectivity index (χ4n) is 1.57. The number of anilines is 1. The highest BCUT2D eigenvalue weighted by Crippen LogP contribution is 2.15. The van der Waals surface area contributed by atoms with E-state index in [9.17, 15) is 4.79 Å². The van der Waals surface area contributed by atoms with Crippen LogP contribution in [0.15, 0.2) is 35.1 Å². The van der Waals surface area contributed by atoms with Crippen molar-refractivity contribution in [3.63, 3.8) is 0 Å². The molecule has 2 rings (SSSR count). The number of pyridine rings is 1. The molecule has 0 aromatic carbocycles. The molecule has 0 saturated heterocycles. The number of nitrogens with zero attached hydrogens (tertiary/aromatic N) is 1. The molecule has 0 aliphatic carbocycles. The number of furan rings is 1. The maximum atomic E-state index is 10.9. The molecule has 6 nitrogen and oxygen atoms in total. The molecule has 0 aliphatic rings. The van der Waals surface area contributed by atoms with Gasteiger partial charge in [0.2, 0.25) is 5.88 Å². The number of nitrogens with one attached hydrogen (secondary N) is 1. The number of hydrogen-bond donors (Lipinski definition) is 2. The summed E-state index contributed by atoms with van der Waals surface area (Å²) in [7, 11) is 0. The van der Waals surface area contributed by atoms with E-state index < -0.39 is 5.97 Å². The average molecular weight is 262 g/mol. The van der Waals surface area contributed by atoms with Gasteiger partial charge in [0.05, 0.1) is 31.3 Å². The van der Waals surface area contributed by atoms with Crippen molar-refractivity contribution in [3.05, 3.63) is 42.0 Å². The van der Waals surface area contributed by atoms with Gasteiger partial charge >= 0.3 is 5.97 Å². The lowest BCUT2D eigenvalue weighted by atomic mass is 10.2. The number of aromatic nitrogens is 1. The molecule has 0 aliphatic heterocycles. The quantitative estimate of drug-likeness (QED) is 0.831. The lowest BCUT2D eigenvalue weighted by molar-refractivity contribution is 0.0694. The number of carboxylic acids is 1. The first-order valence-corrected chi connectivity index (χ1v) is 5.83. The molecular weight excluding hydrogens is 248 g/mol. The molecule has 0 atom stereocenters.